The molecule has 1 aromatic heterocycles. The third-order valence-electron chi connectivity index (χ3n) is 2.12. The molecule has 2 nitrogen and oxygen atoms in total. The molecule has 1 aromatic carbocycles. The Kier molecular flexibility index (Phi) is 2.30. The number of aromatic nitrogens is 1. The molecule has 2 rings (SSSR count). The van der Waals surface area contributed by atoms with Crippen LogP contribution in [0.1, 0.15) is 12.5 Å². The quantitative estimate of drug-likeness (QED) is 0.807. The van der Waals surface area contributed by atoms with E-state index in [1.54, 1.807) is 6.92 Å². The maximum Gasteiger partial charge on any atom is 0.134 e. The van der Waals surface area contributed by atoms with Gasteiger partial charge in [0.05, 0.1) is 10.5 Å². The minimum absolute atomic E-state index is 0.149. The number of H-pyrrole nitrogens is 1. The van der Waals surface area contributed by atoms with Gasteiger partial charge in [-0.3, -0.25) is 4.79 Å². The van der Waals surface area contributed by atoms with Crippen LogP contribution in [0.3, 0.4) is 0 Å². The van der Waals surface area contributed by atoms with Crippen molar-refractivity contribution in [2.45, 2.75) is 13.3 Å². The fourth-order valence-corrected chi connectivity index (χ4v) is 1.88. The van der Waals surface area contributed by atoms with E-state index in [9.17, 15) is 4.79 Å². The zero-order valence-corrected chi connectivity index (χ0v) is 8.56. The van der Waals surface area contributed by atoms with Gasteiger partial charge in [0, 0.05) is 18.0 Å². The lowest BCUT2D eigenvalue weighted by Gasteiger charge is -2.00. The number of hydrogen-bond donors (Lipinski definition) is 1. The van der Waals surface area contributed by atoms with Crippen LogP contribution < -0.4 is 0 Å². The first-order valence-electron chi connectivity index (χ1n) is 4.42. The molecule has 0 aliphatic rings. The van der Waals surface area contributed by atoms with Crippen molar-refractivity contribution in [2.24, 2.45) is 0 Å². The molecule has 0 aliphatic heterocycles. The van der Waals surface area contributed by atoms with Crippen molar-refractivity contribution in [3.63, 3.8) is 0 Å². The highest BCUT2D eigenvalue weighted by Gasteiger charge is 2.04. The van der Waals surface area contributed by atoms with Crippen molar-refractivity contribution in [3.8, 4) is 0 Å². The van der Waals surface area contributed by atoms with E-state index < -0.39 is 0 Å². The summed E-state index contributed by atoms with van der Waals surface area (Å²) in [5, 5.41) is 1.72. The number of fused-ring (bicyclic) bond motifs is 1. The van der Waals surface area contributed by atoms with Crippen LogP contribution in [0, 0.1) is 0 Å². The number of carbonyl (C=O) groups excluding carboxylic acids is 1. The molecule has 0 spiro atoms. The smallest absolute Gasteiger partial charge is 0.134 e. The Labute approximate surface area is 86.9 Å². The lowest BCUT2D eigenvalue weighted by Crippen LogP contribution is -1.95. The highest BCUT2D eigenvalue weighted by atomic mass is 35.5. The van der Waals surface area contributed by atoms with Gasteiger partial charge in [0.2, 0.25) is 0 Å². The van der Waals surface area contributed by atoms with Crippen LogP contribution in [0.5, 0.6) is 0 Å². The van der Waals surface area contributed by atoms with Crippen molar-refractivity contribution < 1.29 is 4.79 Å². The van der Waals surface area contributed by atoms with Crippen LogP contribution in [0.15, 0.2) is 24.4 Å². The van der Waals surface area contributed by atoms with Crippen molar-refractivity contribution >= 4 is 28.3 Å². The number of aromatic amines is 1. The van der Waals surface area contributed by atoms with E-state index in [4.69, 9.17) is 11.6 Å². The first-order valence-corrected chi connectivity index (χ1v) is 4.79. The second-order valence-electron chi connectivity index (χ2n) is 3.40. The summed E-state index contributed by atoms with van der Waals surface area (Å²) in [6, 6.07) is 5.77. The van der Waals surface area contributed by atoms with E-state index in [-0.39, 0.29) is 5.78 Å². The highest BCUT2D eigenvalue weighted by molar-refractivity contribution is 6.35. The number of benzene rings is 1. The lowest BCUT2D eigenvalue weighted by atomic mass is 10.1. The molecule has 72 valence electrons. The molecule has 0 fully saturated rings. The number of Topliss-reactive ketones (excluding diaryl/α,β-unsaturated/α-hetero) is 1. The summed E-state index contributed by atoms with van der Waals surface area (Å²) in [6.45, 7) is 1.58. The number of halogens is 1. The van der Waals surface area contributed by atoms with E-state index in [2.05, 4.69) is 4.98 Å². The van der Waals surface area contributed by atoms with Crippen LogP contribution in [0.4, 0.5) is 0 Å². The molecule has 1 N–H and O–H groups in total. The highest BCUT2D eigenvalue weighted by Crippen LogP contribution is 2.24. The number of nitrogens with one attached hydrogen (secondary N) is 1. The van der Waals surface area contributed by atoms with Gasteiger partial charge in [-0.15, -0.1) is 0 Å². The normalized spacial score (nSPS) is 10.7. The first-order chi connectivity index (χ1) is 6.66. The van der Waals surface area contributed by atoms with E-state index in [0.717, 1.165) is 16.5 Å². The van der Waals surface area contributed by atoms with Gasteiger partial charge in [-0.2, -0.15) is 0 Å². The molecule has 14 heavy (non-hydrogen) atoms. The minimum atomic E-state index is 0.149. The van der Waals surface area contributed by atoms with Gasteiger partial charge in [0.1, 0.15) is 5.78 Å². The zero-order valence-electron chi connectivity index (χ0n) is 7.80. The van der Waals surface area contributed by atoms with Crippen molar-refractivity contribution in [3.05, 3.63) is 35.0 Å². The molecular weight excluding hydrogens is 198 g/mol. The Morgan fingerprint density at radius 1 is 1.50 bits per heavy atom. The van der Waals surface area contributed by atoms with E-state index >= 15 is 0 Å². The van der Waals surface area contributed by atoms with Gasteiger partial charge in [-0.05, 0) is 30.7 Å². The molecule has 0 amide bonds. The maximum atomic E-state index is 10.9. The summed E-state index contributed by atoms with van der Waals surface area (Å²) in [5.74, 6) is 0.149. The Balaban J connectivity index is 2.53. The number of hydrogen-bond acceptors (Lipinski definition) is 1. The van der Waals surface area contributed by atoms with E-state index in [1.807, 2.05) is 24.4 Å². The van der Waals surface area contributed by atoms with Gasteiger partial charge < -0.3 is 4.98 Å². The molecule has 0 aliphatic carbocycles. The lowest BCUT2D eigenvalue weighted by molar-refractivity contribution is -0.116. The number of carbonyl (C=O) groups is 1. The Hall–Kier alpha value is -1.28. The molecule has 1 heterocycles. The van der Waals surface area contributed by atoms with Crippen LogP contribution in [-0.2, 0) is 11.2 Å². The standard InChI is InChI=1S/C11H10ClNO/c1-7(14)4-8-5-9-2-3-13-11(9)10(12)6-8/h2-3,5-6,13H,4H2,1H3. The van der Waals surface area contributed by atoms with E-state index in [0.29, 0.717) is 11.4 Å². The van der Waals surface area contributed by atoms with Crippen molar-refractivity contribution in [1.29, 1.82) is 0 Å². The molecule has 3 heteroatoms. The molecule has 0 atom stereocenters. The first kappa shape index (κ1) is 9.28. The summed E-state index contributed by atoms with van der Waals surface area (Å²) < 4.78 is 0. The third kappa shape index (κ3) is 1.66. The summed E-state index contributed by atoms with van der Waals surface area (Å²) in [7, 11) is 0. The monoisotopic (exact) mass is 207 g/mol. The Morgan fingerprint density at radius 3 is 3.00 bits per heavy atom. The summed E-state index contributed by atoms with van der Waals surface area (Å²) in [4.78, 5) is 14.0. The van der Waals surface area contributed by atoms with Crippen LogP contribution in [0.2, 0.25) is 5.02 Å². The Morgan fingerprint density at radius 2 is 2.29 bits per heavy atom. The fraction of sp³-hybridized carbons (Fsp3) is 0.182. The fourth-order valence-electron chi connectivity index (χ4n) is 1.57. The van der Waals surface area contributed by atoms with Gasteiger partial charge in [-0.1, -0.05) is 11.6 Å². The third-order valence-corrected chi connectivity index (χ3v) is 2.42. The predicted octanol–water partition coefficient (Wildman–Crippen LogP) is 2.95. The molecular formula is C11H10ClNO. The van der Waals surface area contributed by atoms with Gasteiger partial charge in [-0.25, -0.2) is 0 Å². The number of rotatable bonds is 2. The summed E-state index contributed by atoms with van der Waals surface area (Å²) in [5.41, 5.74) is 1.90. The zero-order chi connectivity index (χ0) is 10.1. The average molecular weight is 208 g/mol. The van der Waals surface area contributed by atoms with Crippen LogP contribution in [0.25, 0.3) is 10.9 Å². The predicted molar refractivity (Wildman–Crippen MR) is 57.7 cm³/mol. The van der Waals surface area contributed by atoms with E-state index in [1.165, 1.54) is 0 Å². The topological polar surface area (TPSA) is 32.9 Å². The molecule has 2 aromatic rings. The molecule has 0 unspecified atom stereocenters. The van der Waals surface area contributed by atoms with Gasteiger partial charge >= 0.3 is 0 Å². The Bertz CT molecular complexity index is 487. The molecule has 0 bridgehead atoms. The van der Waals surface area contributed by atoms with Crippen molar-refractivity contribution in [2.75, 3.05) is 0 Å². The minimum Gasteiger partial charge on any atom is -0.360 e. The maximum absolute atomic E-state index is 10.9. The number of ketones is 1. The summed E-state index contributed by atoms with van der Waals surface area (Å²) in [6.07, 6.45) is 2.29. The molecule has 0 radical (unpaired) electrons. The second-order valence-corrected chi connectivity index (χ2v) is 3.81. The SMILES string of the molecule is CC(=O)Cc1cc(Cl)c2[nH]ccc2c1. The second kappa shape index (κ2) is 3.46. The molecule has 0 saturated heterocycles. The van der Waals surface area contributed by atoms with Crippen LogP contribution in [-0.4, -0.2) is 10.8 Å². The average Bonchev–Trinajstić information content (AvgIpc) is 2.50. The van der Waals surface area contributed by atoms with Crippen LogP contribution >= 0.6 is 11.6 Å². The molecule has 0 saturated carbocycles. The largest absolute Gasteiger partial charge is 0.360 e. The van der Waals surface area contributed by atoms with Crippen molar-refractivity contribution in [1.82, 2.24) is 4.98 Å². The summed E-state index contributed by atoms with van der Waals surface area (Å²) >= 11 is 6.04. The van der Waals surface area contributed by atoms with Gasteiger partial charge in [0.25, 0.3) is 0 Å². The van der Waals surface area contributed by atoms with Gasteiger partial charge in [0.15, 0.2) is 0 Å².